The van der Waals surface area contributed by atoms with E-state index in [0.29, 0.717) is 19.3 Å². The van der Waals surface area contributed by atoms with Gasteiger partial charge in [-0.05, 0) is 13.3 Å². The summed E-state index contributed by atoms with van der Waals surface area (Å²) in [5, 5.41) is 8.53. The molecule has 1 aliphatic carbocycles. The summed E-state index contributed by atoms with van der Waals surface area (Å²) >= 11 is 0. The number of nitriles is 1. The zero-order valence-electron chi connectivity index (χ0n) is 5.98. The van der Waals surface area contributed by atoms with E-state index in [2.05, 4.69) is 6.07 Å². The maximum atomic E-state index is 10.8. The second-order valence-electron chi connectivity index (χ2n) is 2.59. The molecule has 2 heteroatoms. The van der Waals surface area contributed by atoms with Crippen molar-refractivity contribution in [3.05, 3.63) is 11.1 Å². The molecule has 0 N–H and O–H groups in total. The Morgan fingerprint density at radius 2 is 2.20 bits per heavy atom. The molecule has 0 aliphatic heterocycles. The van der Waals surface area contributed by atoms with E-state index in [9.17, 15) is 4.79 Å². The Kier molecular flexibility index (Phi) is 1.86. The lowest BCUT2D eigenvalue weighted by Crippen LogP contribution is -2.06. The second kappa shape index (κ2) is 2.66. The highest BCUT2D eigenvalue weighted by Crippen LogP contribution is 2.20. The SMILES string of the molecule is CC1=C(C#N)CCC(=O)C1. The molecule has 0 unspecified atom stereocenters. The molecule has 0 heterocycles. The van der Waals surface area contributed by atoms with Crippen molar-refractivity contribution in [2.24, 2.45) is 0 Å². The highest BCUT2D eigenvalue weighted by atomic mass is 16.1. The molecule has 0 radical (unpaired) electrons. The summed E-state index contributed by atoms with van der Waals surface area (Å²) in [5.74, 6) is 0.261. The van der Waals surface area contributed by atoms with Crippen molar-refractivity contribution in [3.63, 3.8) is 0 Å². The summed E-state index contributed by atoms with van der Waals surface area (Å²) in [6.07, 6.45) is 1.70. The number of carbonyl (C=O) groups is 1. The summed E-state index contributed by atoms with van der Waals surface area (Å²) in [4.78, 5) is 10.8. The third-order valence-corrected chi connectivity index (χ3v) is 1.77. The first-order valence-electron chi connectivity index (χ1n) is 3.34. The molecule has 0 atom stereocenters. The Bertz CT molecular complexity index is 232. The molecule has 0 bridgehead atoms. The van der Waals surface area contributed by atoms with Gasteiger partial charge in [-0.1, -0.05) is 5.57 Å². The molecular weight excluding hydrogens is 126 g/mol. The molecule has 10 heavy (non-hydrogen) atoms. The van der Waals surface area contributed by atoms with Crippen LogP contribution in [0, 0.1) is 11.3 Å². The average molecular weight is 135 g/mol. The monoisotopic (exact) mass is 135 g/mol. The first-order valence-corrected chi connectivity index (χ1v) is 3.34. The van der Waals surface area contributed by atoms with Gasteiger partial charge in [-0.25, -0.2) is 0 Å². The fourth-order valence-corrected chi connectivity index (χ4v) is 1.12. The Morgan fingerprint density at radius 1 is 1.50 bits per heavy atom. The fourth-order valence-electron chi connectivity index (χ4n) is 1.12. The molecule has 0 aromatic heterocycles. The Balaban J connectivity index is 2.83. The van der Waals surface area contributed by atoms with E-state index in [4.69, 9.17) is 5.26 Å². The van der Waals surface area contributed by atoms with Crippen LogP contribution in [0.25, 0.3) is 0 Å². The number of nitrogens with zero attached hydrogens (tertiary/aromatic N) is 1. The second-order valence-corrected chi connectivity index (χ2v) is 2.59. The van der Waals surface area contributed by atoms with Crippen LogP contribution >= 0.6 is 0 Å². The Morgan fingerprint density at radius 3 is 2.70 bits per heavy atom. The van der Waals surface area contributed by atoms with Crippen LogP contribution in [0.5, 0.6) is 0 Å². The molecule has 0 saturated heterocycles. The van der Waals surface area contributed by atoms with Gasteiger partial charge in [0.1, 0.15) is 5.78 Å². The molecule has 0 saturated carbocycles. The summed E-state index contributed by atoms with van der Waals surface area (Å²) in [6.45, 7) is 1.86. The van der Waals surface area contributed by atoms with E-state index >= 15 is 0 Å². The van der Waals surface area contributed by atoms with Crippen LogP contribution in [0.3, 0.4) is 0 Å². The summed E-state index contributed by atoms with van der Waals surface area (Å²) in [5.41, 5.74) is 1.76. The summed E-state index contributed by atoms with van der Waals surface area (Å²) in [6, 6.07) is 2.10. The predicted octanol–water partition coefficient (Wildman–Crippen LogP) is 1.58. The molecule has 0 aromatic carbocycles. The van der Waals surface area contributed by atoms with Crippen LogP contribution < -0.4 is 0 Å². The topological polar surface area (TPSA) is 40.9 Å². The number of carbonyl (C=O) groups excluding carboxylic acids is 1. The average Bonchev–Trinajstić information content (AvgIpc) is 1.88. The van der Waals surface area contributed by atoms with Crippen LogP contribution in [0.1, 0.15) is 26.2 Å². The van der Waals surface area contributed by atoms with Crippen LogP contribution in [-0.2, 0) is 4.79 Å². The molecular formula is C8H9NO. The van der Waals surface area contributed by atoms with E-state index in [1.165, 1.54) is 0 Å². The Hall–Kier alpha value is -1.10. The number of hydrogen-bond donors (Lipinski definition) is 0. The first kappa shape index (κ1) is 7.01. The lowest BCUT2D eigenvalue weighted by molar-refractivity contribution is -0.118. The number of hydrogen-bond acceptors (Lipinski definition) is 2. The van der Waals surface area contributed by atoms with Gasteiger partial charge in [0.25, 0.3) is 0 Å². The van der Waals surface area contributed by atoms with Crippen molar-refractivity contribution in [3.8, 4) is 6.07 Å². The maximum Gasteiger partial charge on any atom is 0.137 e. The quantitative estimate of drug-likeness (QED) is 0.506. The minimum absolute atomic E-state index is 0.261. The normalized spacial score (nSPS) is 19.0. The van der Waals surface area contributed by atoms with Crippen LogP contribution in [0.4, 0.5) is 0 Å². The van der Waals surface area contributed by atoms with Crippen molar-refractivity contribution < 1.29 is 4.79 Å². The van der Waals surface area contributed by atoms with Crippen molar-refractivity contribution in [2.75, 3.05) is 0 Å². The van der Waals surface area contributed by atoms with Gasteiger partial charge in [0, 0.05) is 18.4 Å². The summed E-state index contributed by atoms with van der Waals surface area (Å²) < 4.78 is 0. The first-order chi connectivity index (χ1) is 4.74. The largest absolute Gasteiger partial charge is 0.299 e. The van der Waals surface area contributed by atoms with Gasteiger partial charge < -0.3 is 0 Å². The highest BCUT2D eigenvalue weighted by molar-refractivity contribution is 5.83. The minimum atomic E-state index is 0.261. The zero-order valence-corrected chi connectivity index (χ0v) is 5.98. The van der Waals surface area contributed by atoms with Crippen molar-refractivity contribution >= 4 is 5.78 Å². The van der Waals surface area contributed by atoms with Crippen LogP contribution in [0.15, 0.2) is 11.1 Å². The van der Waals surface area contributed by atoms with E-state index in [1.807, 2.05) is 6.92 Å². The van der Waals surface area contributed by atoms with Gasteiger partial charge >= 0.3 is 0 Å². The highest BCUT2D eigenvalue weighted by Gasteiger charge is 2.14. The van der Waals surface area contributed by atoms with Crippen molar-refractivity contribution in [2.45, 2.75) is 26.2 Å². The number of rotatable bonds is 0. The van der Waals surface area contributed by atoms with E-state index in [-0.39, 0.29) is 5.78 Å². The molecule has 1 aliphatic rings. The van der Waals surface area contributed by atoms with Gasteiger partial charge in [0.2, 0.25) is 0 Å². The predicted molar refractivity (Wildman–Crippen MR) is 37.2 cm³/mol. The van der Waals surface area contributed by atoms with Gasteiger partial charge in [-0.15, -0.1) is 0 Å². The smallest absolute Gasteiger partial charge is 0.137 e. The van der Waals surface area contributed by atoms with Gasteiger partial charge in [0.05, 0.1) is 6.07 Å². The molecule has 1 rings (SSSR count). The molecule has 0 amide bonds. The van der Waals surface area contributed by atoms with Gasteiger partial charge in [0.15, 0.2) is 0 Å². The van der Waals surface area contributed by atoms with Crippen LogP contribution in [-0.4, -0.2) is 5.78 Å². The lowest BCUT2D eigenvalue weighted by atomic mass is 9.93. The van der Waals surface area contributed by atoms with Gasteiger partial charge in [-0.2, -0.15) is 5.26 Å². The summed E-state index contributed by atoms with van der Waals surface area (Å²) in [7, 11) is 0. The third kappa shape index (κ3) is 1.24. The molecule has 0 fully saturated rings. The van der Waals surface area contributed by atoms with Gasteiger partial charge in [-0.3, -0.25) is 4.79 Å². The maximum absolute atomic E-state index is 10.8. The molecule has 0 aromatic rings. The number of ketones is 1. The molecule has 52 valence electrons. The zero-order chi connectivity index (χ0) is 7.56. The number of allylic oxidation sites excluding steroid dienone is 2. The Labute approximate surface area is 60.2 Å². The fraction of sp³-hybridized carbons (Fsp3) is 0.500. The number of Topliss-reactive ketones (excluding diaryl/α,β-unsaturated/α-hetero) is 1. The van der Waals surface area contributed by atoms with Crippen molar-refractivity contribution in [1.82, 2.24) is 0 Å². The standard InChI is InChI=1S/C8H9NO/c1-6-4-8(10)3-2-7(6)5-9/h2-4H2,1H3. The molecule has 2 nitrogen and oxygen atoms in total. The van der Waals surface area contributed by atoms with E-state index < -0.39 is 0 Å². The molecule has 0 spiro atoms. The lowest BCUT2D eigenvalue weighted by Gasteiger charge is -2.09. The van der Waals surface area contributed by atoms with E-state index in [0.717, 1.165) is 11.1 Å². The minimum Gasteiger partial charge on any atom is -0.299 e. The third-order valence-electron chi connectivity index (χ3n) is 1.77. The van der Waals surface area contributed by atoms with E-state index in [1.54, 1.807) is 0 Å². The van der Waals surface area contributed by atoms with Crippen molar-refractivity contribution in [1.29, 1.82) is 5.26 Å². The van der Waals surface area contributed by atoms with Crippen LogP contribution in [0.2, 0.25) is 0 Å².